The first-order valence-electron chi connectivity index (χ1n) is 7.67. The minimum Gasteiger partial charge on any atom is -0.368 e. The number of para-hydroxylation sites is 1. The lowest BCUT2D eigenvalue weighted by molar-refractivity contribution is 0.782. The second-order valence-electron chi connectivity index (χ2n) is 5.66. The van der Waals surface area contributed by atoms with Crippen LogP contribution in [0, 0.1) is 6.92 Å². The average molecular weight is 306 g/mol. The molecule has 0 bridgehead atoms. The highest BCUT2D eigenvalue weighted by molar-refractivity contribution is 5.87. The van der Waals surface area contributed by atoms with E-state index in [0.29, 0.717) is 0 Å². The number of aryl methyl sites for hydroxylation is 2. The summed E-state index contributed by atoms with van der Waals surface area (Å²) in [7, 11) is 1.92. The van der Waals surface area contributed by atoms with Gasteiger partial charge in [0, 0.05) is 30.7 Å². The lowest BCUT2D eigenvalue weighted by Crippen LogP contribution is -2.08. The summed E-state index contributed by atoms with van der Waals surface area (Å²) in [6, 6.07) is 8.36. The van der Waals surface area contributed by atoms with Crippen molar-refractivity contribution in [3.8, 4) is 0 Å². The number of fused-ring (bicyclic) bond motifs is 2. The maximum Gasteiger partial charge on any atom is 0.155 e. The zero-order chi connectivity index (χ0) is 15.8. The fourth-order valence-electron chi connectivity index (χ4n) is 3.06. The molecule has 0 aliphatic carbocycles. The molecule has 4 aromatic rings. The molecule has 0 atom stereocenters. The molecular formula is C17H18N6. The third-order valence-electron chi connectivity index (χ3n) is 4.15. The summed E-state index contributed by atoms with van der Waals surface area (Å²) in [5.74, 6) is 0.831. The van der Waals surface area contributed by atoms with Crippen molar-refractivity contribution < 1.29 is 0 Å². The standard InChI is InChI=1S/C17H18N6/c1-11-15-16(23(2)22-11)17(21-10-20-15)18-8-7-12-9-19-14-6-4-3-5-13(12)14/h3-6,9-10,19H,7-8H2,1-2H3,(H,18,20,21). The molecule has 6 nitrogen and oxygen atoms in total. The van der Waals surface area contributed by atoms with Gasteiger partial charge >= 0.3 is 0 Å². The van der Waals surface area contributed by atoms with Crippen LogP contribution in [0.25, 0.3) is 21.9 Å². The van der Waals surface area contributed by atoms with Gasteiger partial charge in [-0.2, -0.15) is 5.10 Å². The number of aromatic amines is 1. The van der Waals surface area contributed by atoms with Gasteiger partial charge in [0.2, 0.25) is 0 Å². The van der Waals surface area contributed by atoms with Crippen LogP contribution in [-0.4, -0.2) is 31.3 Å². The first-order chi connectivity index (χ1) is 11.2. The maximum absolute atomic E-state index is 4.42. The van der Waals surface area contributed by atoms with Crippen molar-refractivity contribution in [2.24, 2.45) is 7.05 Å². The number of rotatable bonds is 4. The molecule has 3 aromatic heterocycles. The zero-order valence-corrected chi connectivity index (χ0v) is 13.2. The number of hydrogen-bond donors (Lipinski definition) is 2. The minimum absolute atomic E-state index is 0.804. The Morgan fingerprint density at radius 3 is 3.00 bits per heavy atom. The molecule has 0 saturated heterocycles. The number of anilines is 1. The van der Waals surface area contributed by atoms with Gasteiger partial charge in [-0.25, -0.2) is 9.97 Å². The lowest BCUT2D eigenvalue weighted by atomic mass is 10.1. The fourth-order valence-corrected chi connectivity index (χ4v) is 3.06. The van der Waals surface area contributed by atoms with Crippen molar-refractivity contribution in [3.05, 3.63) is 48.0 Å². The molecule has 0 aliphatic rings. The van der Waals surface area contributed by atoms with Gasteiger partial charge in [0.05, 0.1) is 5.69 Å². The van der Waals surface area contributed by atoms with Crippen LogP contribution in [0.2, 0.25) is 0 Å². The van der Waals surface area contributed by atoms with Crippen molar-refractivity contribution in [1.82, 2.24) is 24.7 Å². The molecule has 3 heterocycles. The van der Waals surface area contributed by atoms with Crippen LogP contribution in [0.1, 0.15) is 11.3 Å². The molecular weight excluding hydrogens is 288 g/mol. The van der Waals surface area contributed by atoms with Gasteiger partial charge in [0.1, 0.15) is 17.4 Å². The van der Waals surface area contributed by atoms with Crippen LogP contribution in [0.4, 0.5) is 5.82 Å². The van der Waals surface area contributed by atoms with Gasteiger partial charge in [0.25, 0.3) is 0 Å². The Kier molecular flexibility index (Phi) is 3.22. The Morgan fingerprint density at radius 1 is 1.22 bits per heavy atom. The number of nitrogens with zero attached hydrogens (tertiary/aromatic N) is 4. The Hall–Kier alpha value is -2.89. The van der Waals surface area contributed by atoms with Gasteiger partial charge in [-0.3, -0.25) is 4.68 Å². The predicted molar refractivity (Wildman–Crippen MR) is 91.5 cm³/mol. The monoisotopic (exact) mass is 306 g/mol. The molecule has 116 valence electrons. The van der Waals surface area contributed by atoms with E-state index in [1.165, 1.54) is 16.5 Å². The number of benzene rings is 1. The van der Waals surface area contributed by atoms with Crippen LogP contribution in [-0.2, 0) is 13.5 Å². The number of hydrogen-bond acceptors (Lipinski definition) is 4. The molecule has 2 N–H and O–H groups in total. The van der Waals surface area contributed by atoms with Crippen LogP contribution in [0.15, 0.2) is 36.8 Å². The summed E-state index contributed by atoms with van der Waals surface area (Å²) < 4.78 is 1.83. The highest BCUT2D eigenvalue weighted by Crippen LogP contribution is 2.22. The van der Waals surface area contributed by atoms with Gasteiger partial charge in [-0.05, 0) is 25.0 Å². The maximum atomic E-state index is 4.42. The number of nitrogens with one attached hydrogen (secondary N) is 2. The van der Waals surface area contributed by atoms with E-state index in [1.807, 2.05) is 24.7 Å². The molecule has 4 rings (SSSR count). The third-order valence-corrected chi connectivity index (χ3v) is 4.15. The Morgan fingerprint density at radius 2 is 2.09 bits per heavy atom. The number of aromatic nitrogens is 5. The van der Waals surface area contributed by atoms with E-state index < -0.39 is 0 Å². The largest absolute Gasteiger partial charge is 0.368 e. The van der Waals surface area contributed by atoms with E-state index in [9.17, 15) is 0 Å². The number of H-pyrrole nitrogens is 1. The van der Waals surface area contributed by atoms with Gasteiger partial charge < -0.3 is 10.3 Å². The summed E-state index contributed by atoms with van der Waals surface area (Å²) >= 11 is 0. The Bertz CT molecular complexity index is 981. The highest BCUT2D eigenvalue weighted by Gasteiger charge is 2.11. The molecule has 0 fully saturated rings. The smallest absolute Gasteiger partial charge is 0.155 e. The van der Waals surface area contributed by atoms with Gasteiger partial charge in [-0.15, -0.1) is 0 Å². The predicted octanol–water partition coefficient (Wildman–Crippen LogP) is 2.81. The second-order valence-corrected chi connectivity index (χ2v) is 5.66. The summed E-state index contributed by atoms with van der Waals surface area (Å²) in [5, 5.41) is 9.11. The van der Waals surface area contributed by atoms with E-state index in [-0.39, 0.29) is 0 Å². The second kappa shape index (κ2) is 5.39. The average Bonchev–Trinajstić information content (AvgIpc) is 3.10. The molecule has 1 aromatic carbocycles. The molecule has 0 radical (unpaired) electrons. The molecule has 23 heavy (non-hydrogen) atoms. The zero-order valence-electron chi connectivity index (χ0n) is 13.2. The Labute approximate surface area is 133 Å². The summed E-state index contributed by atoms with van der Waals surface area (Å²) in [6.07, 6.45) is 4.59. The van der Waals surface area contributed by atoms with Crippen LogP contribution in [0.3, 0.4) is 0 Å². The summed E-state index contributed by atoms with van der Waals surface area (Å²) in [5.41, 5.74) is 5.25. The van der Waals surface area contributed by atoms with E-state index in [4.69, 9.17) is 0 Å². The summed E-state index contributed by atoms with van der Waals surface area (Å²) in [6.45, 7) is 2.77. The van der Waals surface area contributed by atoms with Crippen LogP contribution >= 0.6 is 0 Å². The normalized spacial score (nSPS) is 11.4. The lowest BCUT2D eigenvalue weighted by Gasteiger charge is -2.07. The summed E-state index contributed by atoms with van der Waals surface area (Å²) in [4.78, 5) is 12.0. The SMILES string of the molecule is Cc1nn(C)c2c(NCCc3c[nH]c4ccccc34)ncnc12. The fraction of sp³-hybridized carbons (Fsp3) is 0.235. The topological polar surface area (TPSA) is 71.4 Å². The van der Waals surface area contributed by atoms with E-state index >= 15 is 0 Å². The minimum atomic E-state index is 0.804. The van der Waals surface area contributed by atoms with Gasteiger partial charge in [0.15, 0.2) is 5.82 Å². The molecule has 0 amide bonds. The van der Waals surface area contributed by atoms with Crippen molar-refractivity contribution in [3.63, 3.8) is 0 Å². The van der Waals surface area contributed by atoms with Crippen molar-refractivity contribution in [2.75, 3.05) is 11.9 Å². The third kappa shape index (κ3) is 2.32. The molecule has 0 unspecified atom stereocenters. The molecule has 6 heteroatoms. The Balaban J connectivity index is 1.56. The van der Waals surface area contributed by atoms with Crippen molar-refractivity contribution >= 4 is 27.8 Å². The molecule has 0 aliphatic heterocycles. The van der Waals surface area contributed by atoms with Crippen molar-refractivity contribution in [2.45, 2.75) is 13.3 Å². The van der Waals surface area contributed by atoms with Crippen LogP contribution < -0.4 is 5.32 Å². The molecule has 0 saturated carbocycles. The van der Waals surface area contributed by atoms with Gasteiger partial charge in [-0.1, -0.05) is 18.2 Å². The first-order valence-corrected chi connectivity index (χ1v) is 7.67. The van der Waals surface area contributed by atoms with E-state index in [2.05, 4.69) is 49.8 Å². The first kappa shape index (κ1) is 13.8. The van der Waals surface area contributed by atoms with Crippen molar-refractivity contribution in [1.29, 1.82) is 0 Å². The van der Waals surface area contributed by atoms with E-state index in [1.54, 1.807) is 6.33 Å². The highest BCUT2D eigenvalue weighted by atomic mass is 15.3. The van der Waals surface area contributed by atoms with Crippen LogP contribution in [0.5, 0.6) is 0 Å². The quantitative estimate of drug-likeness (QED) is 0.608. The van der Waals surface area contributed by atoms with E-state index in [0.717, 1.165) is 35.5 Å². The molecule has 0 spiro atoms.